The lowest BCUT2D eigenvalue weighted by atomic mass is 9.89. The Bertz CT molecular complexity index is 616. The highest BCUT2D eigenvalue weighted by Gasteiger charge is 2.27. The van der Waals surface area contributed by atoms with Crippen molar-refractivity contribution in [2.45, 2.75) is 50.9 Å². The molecule has 3 unspecified atom stereocenters. The van der Waals surface area contributed by atoms with Gasteiger partial charge in [-0.25, -0.2) is 5.84 Å². The Balaban J connectivity index is 1.96. The van der Waals surface area contributed by atoms with Crippen LogP contribution in [-0.2, 0) is 15.6 Å². The number of aliphatic hydroxyl groups excluding tert-OH is 1. The molecule has 5 N–H and O–H groups in total. The molecule has 2 heterocycles. The van der Waals surface area contributed by atoms with E-state index in [2.05, 4.69) is 35.2 Å². The number of hydrogen-bond donors (Lipinski definition) is 4. The van der Waals surface area contributed by atoms with Crippen molar-refractivity contribution in [2.24, 2.45) is 11.8 Å². The van der Waals surface area contributed by atoms with Gasteiger partial charge < -0.3 is 29.2 Å². The summed E-state index contributed by atoms with van der Waals surface area (Å²) in [6.07, 6.45) is 2.52. The molecule has 0 saturated carbocycles. The van der Waals surface area contributed by atoms with E-state index in [1.54, 1.807) is 0 Å². The van der Waals surface area contributed by atoms with E-state index in [-0.39, 0.29) is 36.7 Å². The number of ether oxygens (including phenoxy) is 1. The minimum Gasteiger partial charge on any atom is -0.849 e. The normalized spacial score (nSPS) is 23.7. The predicted octanol–water partition coefficient (Wildman–Crippen LogP) is -2.02. The van der Waals surface area contributed by atoms with Crippen LogP contribution in [0.5, 0.6) is 0 Å². The molecule has 0 spiro atoms. The molecule has 12 heteroatoms. The molecule has 0 aromatic carbocycles. The highest BCUT2D eigenvalue weighted by atomic mass is 28.4. The molecular formula is C15H28N6O5Si-2. The summed E-state index contributed by atoms with van der Waals surface area (Å²) in [7, 11) is -2.89. The molecule has 0 aliphatic carbocycles. The van der Waals surface area contributed by atoms with Crippen LogP contribution in [0.3, 0.4) is 0 Å². The molecule has 1 aromatic heterocycles. The minimum absolute atomic E-state index is 0.0458. The average molecular weight is 402 g/mol. The van der Waals surface area contributed by atoms with Crippen LogP contribution in [-0.4, -0.2) is 62.8 Å². The lowest BCUT2D eigenvalue weighted by molar-refractivity contribution is -0.404. The van der Waals surface area contributed by atoms with Crippen LogP contribution in [0.1, 0.15) is 32.0 Å². The zero-order valence-electron chi connectivity index (χ0n) is 16.6. The average Bonchev–Trinajstić information content (AvgIpc) is 2.65. The lowest BCUT2D eigenvalue weighted by Gasteiger charge is -2.44. The zero-order valence-corrected chi connectivity index (χ0v) is 16.6. The standard InChI is InChI=1S/C15H28N6O5Si/c1-10-6-11(7-12(9-22)26-10)8-13-18-14(20-15(19-13)21-16)17-4-3-5-27(23,24)25-2/h10-12,22H,3-9,16H2,1-2H3,(H2,17,18,19,20,21)/q-2/i22D. The summed E-state index contributed by atoms with van der Waals surface area (Å²) >= 11 is 0. The Kier molecular flexibility index (Phi) is 7.69. The molecule has 2 rings (SSSR count). The molecule has 11 nitrogen and oxygen atoms in total. The number of nitrogens with zero attached hydrogens (tertiary/aromatic N) is 3. The van der Waals surface area contributed by atoms with Crippen LogP contribution in [0.4, 0.5) is 11.9 Å². The van der Waals surface area contributed by atoms with Crippen LogP contribution in [0, 0.1) is 5.92 Å². The van der Waals surface area contributed by atoms with E-state index < -0.39 is 8.80 Å². The molecular weight excluding hydrogens is 372 g/mol. The van der Waals surface area contributed by atoms with Gasteiger partial charge in [0.25, 0.3) is 0 Å². The number of nitrogen functional groups attached to an aromatic ring is 1. The summed E-state index contributed by atoms with van der Waals surface area (Å²) < 4.78 is 17.1. The summed E-state index contributed by atoms with van der Waals surface area (Å²) in [6, 6.07) is -0.0458. The molecule has 27 heavy (non-hydrogen) atoms. The van der Waals surface area contributed by atoms with E-state index >= 15 is 0 Å². The lowest BCUT2D eigenvalue weighted by Crippen LogP contribution is -2.64. The highest BCUT2D eigenvalue weighted by molar-refractivity contribution is 6.53. The smallest absolute Gasteiger partial charge is 0.242 e. The number of hydrogen-bond acceptors (Lipinski definition) is 11. The van der Waals surface area contributed by atoms with Crippen LogP contribution in [0.15, 0.2) is 0 Å². The van der Waals surface area contributed by atoms with Crippen molar-refractivity contribution in [3.05, 3.63) is 5.82 Å². The molecule has 3 atom stereocenters. The fourth-order valence-corrected chi connectivity index (χ4v) is 3.99. The SMILES string of the molecule is [2H]OCC1CC(Cc2nc(NN)nc(NCCC[Si]([O-])([O-])OC)n2)CC(C)O1. The van der Waals surface area contributed by atoms with Gasteiger partial charge in [0.05, 0.1) is 18.8 Å². The topological polar surface area (TPSA) is 174 Å². The van der Waals surface area contributed by atoms with Gasteiger partial charge >= 0.3 is 0 Å². The molecule has 1 fully saturated rings. The Morgan fingerprint density at radius 2 is 2.15 bits per heavy atom. The maximum absolute atomic E-state index is 11.4. The maximum Gasteiger partial charge on any atom is 0.242 e. The van der Waals surface area contributed by atoms with E-state index in [9.17, 15) is 9.59 Å². The van der Waals surface area contributed by atoms with Gasteiger partial charge in [-0.1, -0.05) is 6.04 Å². The van der Waals surface area contributed by atoms with Gasteiger partial charge in [0.2, 0.25) is 13.3 Å². The largest absolute Gasteiger partial charge is 0.849 e. The number of anilines is 2. The minimum atomic E-state index is -4.05. The van der Waals surface area contributed by atoms with Crippen molar-refractivity contribution < 1.29 is 23.9 Å². The van der Waals surface area contributed by atoms with Crippen molar-refractivity contribution in [3.63, 3.8) is 0 Å². The second kappa shape index (κ2) is 10.2. The van der Waals surface area contributed by atoms with Crippen molar-refractivity contribution in [2.75, 3.05) is 31.0 Å². The van der Waals surface area contributed by atoms with Gasteiger partial charge in [-0.05, 0) is 40.9 Å². The number of rotatable bonds is 11. The first-order valence-corrected chi connectivity index (χ1v) is 10.9. The van der Waals surface area contributed by atoms with Gasteiger partial charge in [0.15, 0.2) is 0 Å². The first kappa shape index (κ1) is 20.3. The second-order valence-corrected chi connectivity index (χ2v) is 9.01. The third-order valence-electron chi connectivity index (χ3n) is 4.41. The molecule has 1 aliphatic heterocycles. The Hall–Kier alpha value is -1.41. The molecule has 0 bridgehead atoms. The molecule has 1 aliphatic rings. The number of hydrazine groups is 1. The summed E-state index contributed by atoms with van der Waals surface area (Å²) in [5.41, 5.74) is 2.42. The summed E-state index contributed by atoms with van der Waals surface area (Å²) in [5, 5.41) is 7.46. The van der Waals surface area contributed by atoms with Crippen LogP contribution >= 0.6 is 0 Å². The first-order chi connectivity index (χ1) is 13.3. The third kappa shape index (κ3) is 7.25. The number of nitrogens with one attached hydrogen (secondary N) is 2. The summed E-state index contributed by atoms with van der Waals surface area (Å²) in [6.45, 7) is 2.59. The quantitative estimate of drug-likeness (QED) is 0.139. The second-order valence-electron chi connectivity index (χ2n) is 6.74. The van der Waals surface area contributed by atoms with Crippen molar-refractivity contribution >= 4 is 20.7 Å². The van der Waals surface area contributed by atoms with E-state index in [1.165, 1.54) is 0 Å². The third-order valence-corrected chi connectivity index (χ3v) is 6.00. The fourth-order valence-electron chi connectivity index (χ4n) is 3.17. The van der Waals surface area contributed by atoms with Gasteiger partial charge in [0, 0.05) is 20.1 Å². The number of aromatic nitrogens is 3. The fraction of sp³-hybridized carbons (Fsp3) is 0.800. The van der Waals surface area contributed by atoms with Crippen molar-refractivity contribution in [1.82, 2.24) is 15.0 Å². The van der Waals surface area contributed by atoms with Gasteiger partial charge in [-0.15, -0.1) is 0 Å². The Labute approximate surface area is 161 Å². The van der Waals surface area contributed by atoms with Gasteiger partial charge in [0.1, 0.15) is 5.82 Å². The summed E-state index contributed by atoms with van der Waals surface area (Å²) in [5.74, 6) is 6.86. The molecule has 1 saturated heterocycles. The molecule has 1 aromatic rings. The van der Waals surface area contributed by atoms with Crippen molar-refractivity contribution in [3.8, 4) is 0 Å². The van der Waals surface area contributed by atoms with Crippen LogP contribution in [0.25, 0.3) is 0 Å². The van der Waals surface area contributed by atoms with Gasteiger partial charge in [-0.2, -0.15) is 15.0 Å². The van der Waals surface area contributed by atoms with Crippen molar-refractivity contribution in [1.29, 1.82) is 1.43 Å². The molecule has 154 valence electrons. The summed E-state index contributed by atoms with van der Waals surface area (Å²) in [4.78, 5) is 35.6. The van der Waals surface area contributed by atoms with Crippen LogP contribution in [0.2, 0.25) is 6.04 Å². The first-order valence-electron chi connectivity index (χ1n) is 9.41. The van der Waals surface area contributed by atoms with E-state index in [1.807, 2.05) is 6.92 Å². The number of nitrogens with two attached hydrogens (primary N) is 1. The van der Waals surface area contributed by atoms with Gasteiger partial charge in [-0.3, -0.25) is 5.43 Å². The number of aliphatic hydroxyl groups is 1. The predicted molar refractivity (Wildman–Crippen MR) is 96.2 cm³/mol. The van der Waals surface area contributed by atoms with E-state index in [0.29, 0.717) is 31.2 Å². The van der Waals surface area contributed by atoms with E-state index in [4.69, 9.17) is 12.0 Å². The van der Waals surface area contributed by atoms with E-state index in [0.717, 1.165) is 20.0 Å². The van der Waals surface area contributed by atoms with Crippen LogP contribution < -0.4 is 26.2 Å². The molecule has 0 amide bonds. The Morgan fingerprint density at radius 3 is 2.85 bits per heavy atom. The highest BCUT2D eigenvalue weighted by Crippen LogP contribution is 2.27. The molecule has 0 radical (unpaired) electrons. The Morgan fingerprint density at radius 1 is 1.37 bits per heavy atom. The zero-order chi connectivity index (χ0) is 20.6. The monoisotopic (exact) mass is 401 g/mol. The maximum atomic E-state index is 11.4.